The first-order valence-corrected chi connectivity index (χ1v) is 13.0. The molecular weight excluding hydrogens is 495 g/mol. The van der Waals surface area contributed by atoms with Crippen molar-refractivity contribution >= 4 is 30.1 Å². The lowest BCUT2D eigenvalue weighted by Crippen LogP contribution is -1.83. The zero-order valence-corrected chi connectivity index (χ0v) is 21.4. The highest BCUT2D eigenvalue weighted by Gasteiger charge is 2.06. The second-order valence-electron chi connectivity index (χ2n) is 7.99. The highest BCUT2D eigenvalue weighted by Crippen LogP contribution is 2.33. The lowest BCUT2D eigenvalue weighted by Gasteiger charge is -2.10. The van der Waals surface area contributed by atoms with E-state index >= 15 is 0 Å². The molecule has 5 N–H and O–H groups in total. The zero-order valence-electron chi connectivity index (χ0n) is 20.5. The van der Waals surface area contributed by atoms with E-state index in [4.69, 9.17) is 24.9 Å². The van der Waals surface area contributed by atoms with Gasteiger partial charge in [0.1, 0.15) is 11.5 Å². The Morgan fingerprint density at radius 2 is 0.632 bits per heavy atom. The summed E-state index contributed by atoms with van der Waals surface area (Å²) in [5.41, 5.74) is 2.61. The van der Waals surface area contributed by atoms with Crippen LogP contribution in [-0.2, 0) is 0 Å². The predicted octanol–water partition coefficient (Wildman–Crippen LogP) is 7.63. The van der Waals surface area contributed by atoms with Crippen molar-refractivity contribution < 1.29 is 24.9 Å². The minimum atomic E-state index is -2.62. The van der Waals surface area contributed by atoms with E-state index in [1.54, 1.807) is 48.5 Å². The Morgan fingerprint density at radius 3 is 0.947 bits per heavy atom. The molecule has 0 unspecified atom stereocenters. The van der Waals surface area contributed by atoms with Crippen LogP contribution in [0.15, 0.2) is 146 Å². The van der Waals surface area contributed by atoms with E-state index in [1.807, 2.05) is 12.1 Å². The van der Waals surface area contributed by atoms with Gasteiger partial charge < -0.3 is 24.9 Å². The van der Waals surface area contributed by atoms with Crippen LogP contribution in [0.1, 0.15) is 0 Å². The molecule has 0 aromatic heterocycles. The van der Waals surface area contributed by atoms with Gasteiger partial charge in [-0.2, -0.15) is 0 Å². The minimum Gasteiger partial charge on any atom is -0.508 e. The van der Waals surface area contributed by atoms with Gasteiger partial charge >= 0.3 is 8.60 Å². The van der Waals surface area contributed by atoms with Gasteiger partial charge in [0.05, 0.1) is 0 Å². The molecular formula is C32H29O5P. The van der Waals surface area contributed by atoms with Gasteiger partial charge in [0.15, 0.2) is 0 Å². The summed E-state index contributed by atoms with van der Waals surface area (Å²) in [6.45, 7) is 0. The molecule has 0 atom stereocenters. The Morgan fingerprint density at radius 1 is 0.342 bits per heavy atom. The third-order valence-electron chi connectivity index (χ3n) is 5.38. The van der Waals surface area contributed by atoms with Crippen LogP contribution >= 0.6 is 8.60 Å². The second-order valence-corrected chi connectivity index (χ2v) is 8.53. The summed E-state index contributed by atoms with van der Waals surface area (Å²) in [6, 6.07) is 47.6. The third kappa shape index (κ3) is 9.00. The fourth-order valence-electron chi connectivity index (χ4n) is 3.78. The molecule has 0 saturated carbocycles. The molecule has 0 aliphatic heterocycles. The van der Waals surface area contributed by atoms with Crippen LogP contribution in [0.3, 0.4) is 0 Å². The maximum absolute atomic E-state index is 8.63. The summed E-state index contributed by atoms with van der Waals surface area (Å²) >= 11 is 0. The maximum Gasteiger partial charge on any atom is 0.324 e. The molecule has 0 saturated heterocycles. The standard InChI is InChI=1S/C20H14.2C6H6O.H3O3P/c1-3-11-17-15(7-1)9-5-13-19(17)20-14-6-10-16-8-2-4-12-18(16)20;2*7-6-4-2-1-3-5-6;1-4(2)3/h1-14H;2*1-5,7H;1-3H. The van der Waals surface area contributed by atoms with E-state index in [1.165, 1.54) is 32.7 Å². The van der Waals surface area contributed by atoms with Gasteiger partial charge in [-0.3, -0.25) is 0 Å². The number of fused-ring (bicyclic) bond motifs is 2. The second kappa shape index (κ2) is 15.1. The number of phenols is 2. The molecule has 6 aromatic rings. The first kappa shape index (κ1) is 28.3. The first-order chi connectivity index (χ1) is 18.5. The Hall–Kier alpha value is -4.25. The van der Waals surface area contributed by atoms with Crippen LogP contribution in [0, 0.1) is 0 Å². The van der Waals surface area contributed by atoms with E-state index in [-0.39, 0.29) is 0 Å². The van der Waals surface area contributed by atoms with Gasteiger partial charge in [-0.25, -0.2) is 0 Å². The summed E-state index contributed by atoms with van der Waals surface area (Å²) < 4.78 is 0. The molecule has 6 rings (SSSR count). The Kier molecular flexibility index (Phi) is 11.3. The van der Waals surface area contributed by atoms with Gasteiger partial charge in [-0.1, -0.05) is 121 Å². The smallest absolute Gasteiger partial charge is 0.324 e. The minimum absolute atomic E-state index is 0.322. The topological polar surface area (TPSA) is 101 Å². The molecule has 0 radical (unpaired) electrons. The molecule has 192 valence electrons. The summed E-state index contributed by atoms with van der Waals surface area (Å²) in [5, 5.41) is 22.5. The average molecular weight is 525 g/mol. The van der Waals surface area contributed by atoms with Crippen molar-refractivity contribution in [1.82, 2.24) is 0 Å². The van der Waals surface area contributed by atoms with Crippen molar-refractivity contribution in [2.45, 2.75) is 0 Å². The van der Waals surface area contributed by atoms with Gasteiger partial charge in [-0.15, -0.1) is 0 Å². The van der Waals surface area contributed by atoms with Crippen molar-refractivity contribution in [2.24, 2.45) is 0 Å². The molecule has 5 nitrogen and oxygen atoms in total. The number of rotatable bonds is 1. The summed E-state index contributed by atoms with van der Waals surface area (Å²) in [7, 11) is -2.62. The largest absolute Gasteiger partial charge is 0.508 e. The highest BCUT2D eigenvalue weighted by molar-refractivity contribution is 7.38. The van der Waals surface area contributed by atoms with E-state index in [0.29, 0.717) is 11.5 Å². The number of para-hydroxylation sites is 2. The quantitative estimate of drug-likeness (QED) is 0.142. The van der Waals surface area contributed by atoms with Gasteiger partial charge in [0.25, 0.3) is 0 Å². The summed E-state index contributed by atoms with van der Waals surface area (Å²) in [6.07, 6.45) is 0. The normalized spacial score (nSPS) is 9.89. The Balaban J connectivity index is 0.000000182. The number of phenolic OH excluding ortho intramolecular Hbond substituents is 2. The number of benzene rings is 6. The lowest BCUT2D eigenvalue weighted by molar-refractivity contribution is 0.368. The zero-order chi connectivity index (χ0) is 27.2. The molecule has 6 aromatic carbocycles. The van der Waals surface area contributed by atoms with Crippen molar-refractivity contribution in [2.75, 3.05) is 0 Å². The number of hydrogen-bond donors (Lipinski definition) is 5. The van der Waals surface area contributed by atoms with E-state index < -0.39 is 8.60 Å². The van der Waals surface area contributed by atoms with Crippen LogP contribution < -0.4 is 0 Å². The fourth-order valence-corrected chi connectivity index (χ4v) is 3.78. The molecule has 0 aliphatic carbocycles. The fraction of sp³-hybridized carbons (Fsp3) is 0. The molecule has 0 bridgehead atoms. The monoisotopic (exact) mass is 524 g/mol. The summed E-state index contributed by atoms with van der Waals surface area (Å²) in [4.78, 5) is 21.7. The molecule has 0 aliphatic rings. The maximum atomic E-state index is 8.63. The third-order valence-corrected chi connectivity index (χ3v) is 5.38. The average Bonchev–Trinajstić information content (AvgIpc) is 2.94. The van der Waals surface area contributed by atoms with Crippen molar-refractivity contribution in [3.63, 3.8) is 0 Å². The van der Waals surface area contributed by atoms with Gasteiger partial charge in [0, 0.05) is 0 Å². The van der Waals surface area contributed by atoms with Crippen LogP contribution in [0.4, 0.5) is 0 Å². The van der Waals surface area contributed by atoms with Crippen molar-refractivity contribution in [3.05, 3.63) is 146 Å². The Bertz CT molecular complexity index is 1400. The van der Waals surface area contributed by atoms with Crippen LogP contribution in [-0.4, -0.2) is 24.9 Å². The van der Waals surface area contributed by atoms with Gasteiger partial charge in [0.2, 0.25) is 0 Å². The molecule has 0 spiro atoms. The van der Waals surface area contributed by atoms with Crippen molar-refractivity contribution in [1.29, 1.82) is 0 Å². The van der Waals surface area contributed by atoms with Crippen LogP contribution in [0.5, 0.6) is 11.5 Å². The van der Waals surface area contributed by atoms with Crippen LogP contribution in [0.25, 0.3) is 32.7 Å². The molecule has 0 amide bonds. The molecule has 0 heterocycles. The summed E-state index contributed by atoms with van der Waals surface area (Å²) in [5.74, 6) is 0.644. The lowest BCUT2D eigenvalue weighted by atomic mass is 9.94. The molecule has 6 heteroatoms. The highest BCUT2D eigenvalue weighted by atomic mass is 31.2. The van der Waals surface area contributed by atoms with E-state index in [0.717, 1.165) is 0 Å². The first-order valence-electron chi connectivity index (χ1n) is 11.8. The van der Waals surface area contributed by atoms with E-state index in [9.17, 15) is 0 Å². The molecule has 38 heavy (non-hydrogen) atoms. The predicted molar refractivity (Wildman–Crippen MR) is 157 cm³/mol. The van der Waals surface area contributed by atoms with Crippen LogP contribution in [0.2, 0.25) is 0 Å². The number of aromatic hydroxyl groups is 2. The van der Waals surface area contributed by atoms with E-state index in [2.05, 4.69) is 84.9 Å². The van der Waals surface area contributed by atoms with Gasteiger partial charge in [-0.05, 0) is 56.9 Å². The Labute approximate surface area is 223 Å². The number of hydrogen-bond acceptors (Lipinski definition) is 5. The van der Waals surface area contributed by atoms with Crippen molar-refractivity contribution in [3.8, 4) is 22.6 Å². The molecule has 0 fully saturated rings. The SMILES string of the molecule is OP(O)O.Oc1ccccc1.Oc1ccccc1.c1ccc2c(-c3cccc4ccccc34)cccc2c1.